The molecule has 1 fully saturated rings. The Hall–Kier alpha value is -1.82. The predicted molar refractivity (Wildman–Crippen MR) is 80.0 cm³/mol. The molecule has 0 aliphatic heterocycles. The number of thiocarbonyl (C=S) groups is 1. The van der Waals surface area contributed by atoms with Crippen LogP contribution in [-0.2, 0) is 0 Å². The SMILES string of the molecule is COc1ccc(C(=O)NC2CCCC2C(N)=S)c(O)c1. The Morgan fingerprint density at radius 2 is 2.25 bits per heavy atom. The third-order valence-electron chi connectivity index (χ3n) is 3.65. The fourth-order valence-corrected chi connectivity index (χ4v) is 2.83. The summed E-state index contributed by atoms with van der Waals surface area (Å²) in [5, 5.41) is 12.7. The highest BCUT2D eigenvalue weighted by Gasteiger charge is 2.31. The van der Waals surface area contributed by atoms with Gasteiger partial charge < -0.3 is 20.9 Å². The largest absolute Gasteiger partial charge is 0.507 e. The van der Waals surface area contributed by atoms with E-state index < -0.39 is 0 Å². The zero-order chi connectivity index (χ0) is 14.7. The van der Waals surface area contributed by atoms with Crippen LogP contribution in [0.1, 0.15) is 29.6 Å². The molecule has 20 heavy (non-hydrogen) atoms. The molecule has 1 saturated carbocycles. The summed E-state index contributed by atoms with van der Waals surface area (Å²) < 4.78 is 4.99. The van der Waals surface area contributed by atoms with Crippen LogP contribution in [0.3, 0.4) is 0 Å². The molecule has 1 aromatic carbocycles. The molecule has 0 spiro atoms. The monoisotopic (exact) mass is 294 g/mol. The van der Waals surface area contributed by atoms with E-state index in [1.165, 1.54) is 19.2 Å². The van der Waals surface area contributed by atoms with Crippen molar-refractivity contribution in [1.82, 2.24) is 5.32 Å². The van der Waals surface area contributed by atoms with Crippen molar-refractivity contribution in [1.29, 1.82) is 0 Å². The molecule has 1 amide bonds. The van der Waals surface area contributed by atoms with Gasteiger partial charge >= 0.3 is 0 Å². The topological polar surface area (TPSA) is 84.6 Å². The molecule has 2 atom stereocenters. The van der Waals surface area contributed by atoms with E-state index in [1.807, 2.05) is 0 Å². The summed E-state index contributed by atoms with van der Waals surface area (Å²) >= 11 is 5.02. The molecule has 4 N–H and O–H groups in total. The Kier molecular flexibility index (Phi) is 4.44. The first-order valence-electron chi connectivity index (χ1n) is 6.50. The molecule has 108 valence electrons. The zero-order valence-electron chi connectivity index (χ0n) is 11.3. The van der Waals surface area contributed by atoms with E-state index in [2.05, 4.69) is 5.32 Å². The molecule has 0 radical (unpaired) electrons. The number of carbonyl (C=O) groups excluding carboxylic acids is 1. The molecular weight excluding hydrogens is 276 g/mol. The number of benzene rings is 1. The van der Waals surface area contributed by atoms with Crippen molar-refractivity contribution in [3.8, 4) is 11.5 Å². The third kappa shape index (κ3) is 3.01. The molecule has 0 bridgehead atoms. The molecule has 0 heterocycles. The number of carbonyl (C=O) groups is 1. The molecule has 0 aromatic heterocycles. The molecule has 2 rings (SSSR count). The first-order valence-corrected chi connectivity index (χ1v) is 6.91. The molecule has 1 aliphatic carbocycles. The summed E-state index contributed by atoms with van der Waals surface area (Å²) in [7, 11) is 1.50. The number of ether oxygens (including phenoxy) is 1. The van der Waals surface area contributed by atoms with Crippen LogP contribution < -0.4 is 15.8 Å². The minimum absolute atomic E-state index is 0.0364. The van der Waals surface area contributed by atoms with Gasteiger partial charge in [0, 0.05) is 18.0 Å². The van der Waals surface area contributed by atoms with Gasteiger partial charge in [-0.1, -0.05) is 18.6 Å². The molecule has 2 unspecified atom stereocenters. The fraction of sp³-hybridized carbons (Fsp3) is 0.429. The molecule has 0 saturated heterocycles. The summed E-state index contributed by atoms with van der Waals surface area (Å²) in [5.74, 6) is 0.111. The van der Waals surface area contributed by atoms with Crippen molar-refractivity contribution in [3.63, 3.8) is 0 Å². The highest BCUT2D eigenvalue weighted by atomic mass is 32.1. The van der Waals surface area contributed by atoms with Gasteiger partial charge in [-0.2, -0.15) is 0 Å². The Labute approximate surface area is 123 Å². The van der Waals surface area contributed by atoms with E-state index in [9.17, 15) is 9.90 Å². The van der Waals surface area contributed by atoms with Gasteiger partial charge in [0.1, 0.15) is 11.5 Å². The van der Waals surface area contributed by atoms with Gasteiger partial charge in [0.05, 0.1) is 17.7 Å². The zero-order valence-corrected chi connectivity index (χ0v) is 12.1. The number of rotatable bonds is 4. The molecule has 1 aromatic rings. The number of nitrogens with one attached hydrogen (secondary N) is 1. The summed E-state index contributed by atoms with van der Waals surface area (Å²) in [5.41, 5.74) is 5.91. The van der Waals surface area contributed by atoms with E-state index >= 15 is 0 Å². The second kappa shape index (κ2) is 6.09. The summed E-state index contributed by atoms with van der Waals surface area (Å²) in [6.45, 7) is 0. The smallest absolute Gasteiger partial charge is 0.255 e. The lowest BCUT2D eigenvalue weighted by molar-refractivity contribution is 0.0931. The summed E-state index contributed by atoms with van der Waals surface area (Å²) in [6, 6.07) is 4.53. The van der Waals surface area contributed by atoms with Gasteiger partial charge in [-0.05, 0) is 25.0 Å². The number of phenols is 1. The van der Waals surface area contributed by atoms with E-state index in [-0.39, 0.29) is 29.2 Å². The highest BCUT2D eigenvalue weighted by molar-refractivity contribution is 7.80. The summed E-state index contributed by atoms with van der Waals surface area (Å²) in [4.78, 5) is 12.6. The number of amides is 1. The Morgan fingerprint density at radius 3 is 2.85 bits per heavy atom. The average molecular weight is 294 g/mol. The minimum Gasteiger partial charge on any atom is -0.507 e. The second-order valence-corrected chi connectivity index (χ2v) is 5.37. The van der Waals surface area contributed by atoms with Crippen molar-refractivity contribution >= 4 is 23.1 Å². The van der Waals surface area contributed by atoms with Gasteiger partial charge in [0.25, 0.3) is 5.91 Å². The predicted octanol–water partition coefficient (Wildman–Crippen LogP) is 1.59. The van der Waals surface area contributed by atoms with Crippen molar-refractivity contribution in [3.05, 3.63) is 23.8 Å². The van der Waals surface area contributed by atoms with Crippen LogP contribution in [-0.4, -0.2) is 29.2 Å². The van der Waals surface area contributed by atoms with Crippen LogP contribution in [0.15, 0.2) is 18.2 Å². The maximum atomic E-state index is 12.2. The van der Waals surface area contributed by atoms with Crippen LogP contribution in [0.25, 0.3) is 0 Å². The van der Waals surface area contributed by atoms with E-state index in [4.69, 9.17) is 22.7 Å². The number of methoxy groups -OCH3 is 1. The lowest BCUT2D eigenvalue weighted by Gasteiger charge is -2.20. The standard InChI is InChI=1S/C14H18N2O3S/c1-19-8-5-6-10(12(17)7-8)14(18)16-11-4-2-3-9(11)13(15)20/h5-7,9,11,17H,2-4H2,1H3,(H2,15,20)(H,16,18). The van der Waals surface area contributed by atoms with Crippen molar-refractivity contribution in [2.45, 2.75) is 25.3 Å². The van der Waals surface area contributed by atoms with Crippen molar-refractivity contribution in [2.24, 2.45) is 11.7 Å². The van der Waals surface area contributed by atoms with Crippen molar-refractivity contribution < 1.29 is 14.6 Å². The summed E-state index contributed by atoms with van der Waals surface area (Å²) in [6.07, 6.45) is 2.74. The van der Waals surface area contributed by atoms with Gasteiger partial charge in [-0.3, -0.25) is 4.79 Å². The maximum absolute atomic E-state index is 12.2. The lowest BCUT2D eigenvalue weighted by Crippen LogP contribution is -2.41. The first kappa shape index (κ1) is 14.6. The Bertz CT molecular complexity index is 533. The highest BCUT2D eigenvalue weighted by Crippen LogP contribution is 2.28. The number of hydrogen-bond acceptors (Lipinski definition) is 4. The van der Waals surface area contributed by atoms with Gasteiger partial charge in [-0.25, -0.2) is 0 Å². The number of nitrogens with two attached hydrogens (primary N) is 1. The third-order valence-corrected chi connectivity index (χ3v) is 3.95. The fourth-order valence-electron chi connectivity index (χ4n) is 2.55. The van der Waals surface area contributed by atoms with Crippen LogP contribution in [0.5, 0.6) is 11.5 Å². The Morgan fingerprint density at radius 1 is 1.50 bits per heavy atom. The normalized spacial score (nSPS) is 21.4. The lowest BCUT2D eigenvalue weighted by atomic mass is 10.0. The maximum Gasteiger partial charge on any atom is 0.255 e. The number of phenolic OH excluding ortho intramolecular Hbond substituents is 1. The van der Waals surface area contributed by atoms with Gasteiger partial charge in [0.15, 0.2) is 0 Å². The quantitative estimate of drug-likeness (QED) is 0.734. The first-order chi connectivity index (χ1) is 9.52. The average Bonchev–Trinajstić information content (AvgIpc) is 2.86. The molecular formula is C14H18N2O3S. The number of hydrogen-bond donors (Lipinski definition) is 3. The molecule has 6 heteroatoms. The van der Waals surface area contributed by atoms with Gasteiger partial charge in [-0.15, -0.1) is 0 Å². The number of aromatic hydroxyl groups is 1. The van der Waals surface area contributed by atoms with Crippen molar-refractivity contribution in [2.75, 3.05) is 7.11 Å². The van der Waals surface area contributed by atoms with Crippen LogP contribution in [0, 0.1) is 5.92 Å². The van der Waals surface area contributed by atoms with Crippen LogP contribution >= 0.6 is 12.2 Å². The van der Waals surface area contributed by atoms with Crippen LogP contribution in [0.4, 0.5) is 0 Å². The molecule has 1 aliphatic rings. The minimum atomic E-state index is -0.321. The van der Waals surface area contributed by atoms with E-state index in [0.717, 1.165) is 19.3 Å². The Balaban J connectivity index is 2.10. The molecule has 5 nitrogen and oxygen atoms in total. The van der Waals surface area contributed by atoms with E-state index in [1.54, 1.807) is 6.07 Å². The van der Waals surface area contributed by atoms with Gasteiger partial charge in [0.2, 0.25) is 0 Å². The second-order valence-electron chi connectivity index (χ2n) is 4.90. The van der Waals surface area contributed by atoms with E-state index in [0.29, 0.717) is 10.7 Å². The van der Waals surface area contributed by atoms with Crippen LogP contribution in [0.2, 0.25) is 0 Å².